The molecule has 0 fully saturated rings. The van der Waals surface area contributed by atoms with E-state index in [4.69, 9.17) is 5.73 Å². The summed E-state index contributed by atoms with van der Waals surface area (Å²) in [6.07, 6.45) is 0.855. The summed E-state index contributed by atoms with van der Waals surface area (Å²) in [6, 6.07) is 5.79. The molecule has 104 valence electrons. The summed E-state index contributed by atoms with van der Waals surface area (Å²) < 4.78 is 0. The number of anilines is 2. The number of nitrogens with two attached hydrogens (primary N) is 1. The molecule has 3 amide bonds. The quantitative estimate of drug-likeness (QED) is 0.604. The zero-order valence-corrected chi connectivity index (χ0v) is 11.2. The fourth-order valence-corrected chi connectivity index (χ4v) is 1.45. The van der Waals surface area contributed by atoms with Gasteiger partial charge in [-0.1, -0.05) is 13.0 Å². The Morgan fingerprint density at radius 3 is 2.74 bits per heavy atom. The van der Waals surface area contributed by atoms with Crippen molar-refractivity contribution in [2.24, 2.45) is 0 Å². The summed E-state index contributed by atoms with van der Waals surface area (Å²) in [5.41, 5.74) is 6.75. The number of hydrogen-bond donors (Lipinski definition) is 4. The minimum absolute atomic E-state index is 0.204. The number of hydrogen-bond acceptors (Lipinski definition) is 3. The number of nitrogen functional groups attached to an aromatic ring is 1. The molecule has 0 bridgehead atoms. The molecule has 5 N–H and O–H groups in total. The lowest BCUT2D eigenvalue weighted by molar-refractivity contribution is -0.122. The van der Waals surface area contributed by atoms with Gasteiger partial charge in [0.2, 0.25) is 5.91 Å². The monoisotopic (exact) mass is 264 g/mol. The number of benzene rings is 1. The van der Waals surface area contributed by atoms with Gasteiger partial charge in [-0.05, 0) is 31.5 Å². The molecule has 1 aromatic carbocycles. The lowest BCUT2D eigenvalue weighted by Gasteiger charge is -2.14. The van der Waals surface area contributed by atoms with Gasteiger partial charge in [0.05, 0.1) is 0 Å². The van der Waals surface area contributed by atoms with Gasteiger partial charge in [0, 0.05) is 17.9 Å². The van der Waals surface area contributed by atoms with Gasteiger partial charge in [0.15, 0.2) is 0 Å². The zero-order chi connectivity index (χ0) is 14.3. The van der Waals surface area contributed by atoms with E-state index in [1.165, 1.54) is 0 Å². The third-order valence-electron chi connectivity index (χ3n) is 2.43. The summed E-state index contributed by atoms with van der Waals surface area (Å²) in [6.45, 7) is 4.19. The number of amides is 3. The summed E-state index contributed by atoms with van der Waals surface area (Å²) in [4.78, 5) is 23.2. The van der Waals surface area contributed by atoms with E-state index in [0.29, 0.717) is 17.9 Å². The van der Waals surface area contributed by atoms with Gasteiger partial charge in [-0.15, -0.1) is 0 Å². The second kappa shape index (κ2) is 7.25. The number of nitrogens with one attached hydrogen (secondary N) is 3. The minimum atomic E-state index is -0.590. The number of carbonyl (C=O) groups excluding carboxylic acids is 2. The summed E-state index contributed by atoms with van der Waals surface area (Å²) in [5, 5.41) is 7.88. The molecule has 1 atom stereocenters. The topological polar surface area (TPSA) is 96.2 Å². The molecular formula is C13H20N4O2. The van der Waals surface area contributed by atoms with Gasteiger partial charge >= 0.3 is 6.03 Å². The molecule has 1 aromatic rings. The Labute approximate surface area is 112 Å². The van der Waals surface area contributed by atoms with Crippen LogP contribution >= 0.6 is 0 Å². The van der Waals surface area contributed by atoms with E-state index in [2.05, 4.69) is 16.0 Å². The van der Waals surface area contributed by atoms with Crippen molar-refractivity contribution in [2.45, 2.75) is 26.3 Å². The molecule has 0 spiro atoms. The van der Waals surface area contributed by atoms with E-state index < -0.39 is 12.1 Å². The highest BCUT2D eigenvalue weighted by molar-refractivity contribution is 5.93. The lowest BCUT2D eigenvalue weighted by atomic mass is 10.3. The molecule has 0 aliphatic carbocycles. The molecule has 1 rings (SSSR count). The molecule has 0 aromatic heterocycles. The molecule has 6 heteroatoms. The average molecular weight is 264 g/mol. The Hall–Kier alpha value is -2.24. The first-order valence-corrected chi connectivity index (χ1v) is 6.23. The average Bonchev–Trinajstić information content (AvgIpc) is 2.35. The van der Waals surface area contributed by atoms with Gasteiger partial charge < -0.3 is 21.7 Å². The maximum absolute atomic E-state index is 11.7. The van der Waals surface area contributed by atoms with E-state index >= 15 is 0 Å². The lowest BCUT2D eigenvalue weighted by Crippen LogP contribution is -2.46. The molecule has 0 aliphatic rings. The van der Waals surface area contributed by atoms with Gasteiger partial charge in [-0.25, -0.2) is 4.79 Å². The van der Waals surface area contributed by atoms with Crippen molar-refractivity contribution in [1.82, 2.24) is 10.6 Å². The molecule has 0 radical (unpaired) electrons. The number of carbonyl (C=O) groups is 2. The van der Waals surface area contributed by atoms with Crippen LogP contribution in [0.25, 0.3) is 0 Å². The summed E-state index contributed by atoms with van der Waals surface area (Å²) in [5.74, 6) is -0.204. The fourth-order valence-electron chi connectivity index (χ4n) is 1.45. The highest BCUT2D eigenvalue weighted by Crippen LogP contribution is 2.11. The maximum Gasteiger partial charge on any atom is 0.319 e. The maximum atomic E-state index is 11.7. The Balaban J connectivity index is 2.44. The molecular weight excluding hydrogens is 244 g/mol. The van der Waals surface area contributed by atoms with E-state index in [1.54, 1.807) is 31.2 Å². The van der Waals surface area contributed by atoms with Crippen LogP contribution in [0.1, 0.15) is 20.3 Å². The summed E-state index contributed by atoms with van der Waals surface area (Å²) in [7, 11) is 0. The van der Waals surface area contributed by atoms with Crippen LogP contribution in [0, 0.1) is 0 Å². The van der Waals surface area contributed by atoms with Crippen LogP contribution in [0.2, 0.25) is 0 Å². The second-order valence-electron chi connectivity index (χ2n) is 4.24. The van der Waals surface area contributed by atoms with Gasteiger partial charge in [-0.2, -0.15) is 0 Å². The van der Waals surface area contributed by atoms with Crippen molar-refractivity contribution in [3.8, 4) is 0 Å². The standard InChI is InChI=1S/C13H20N4O2/c1-3-7-15-12(18)9(2)16-13(19)17-11-6-4-5-10(14)8-11/h4-6,8-9H,3,7,14H2,1-2H3,(H,15,18)(H2,16,17,19). The van der Waals surface area contributed by atoms with Gasteiger partial charge in [0.1, 0.15) is 6.04 Å². The fraction of sp³-hybridized carbons (Fsp3) is 0.385. The Kier molecular flexibility index (Phi) is 5.66. The van der Waals surface area contributed by atoms with Crippen LogP contribution in [0.3, 0.4) is 0 Å². The minimum Gasteiger partial charge on any atom is -0.399 e. The first-order valence-electron chi connectivity index (χ1n) is 6.23. The molecule has 19 heavy (non-hydrogen) atoms. The van der Waals surface area contributed by atoms with E-state index in [0.717, 1.165) is 6.42 Å². The molecule has 0 saturated heterocycles. The SMILES string of the molecule is CCCNC(=O)C(C)NC(=O)Nc1cccc(N)c1. The Bertz CT molecular complexity index is 448. The summed E-state index contributed by atoms with van der Waals surface area (Å²) >= 11 is 0. The van der Waals surface area contributed by atoms with Crippen molar-refractivity contribution in [3.05, 3.63) is 24.3 Å². The van der Waals surface area contributed by atoms with Crippen molar-refractivity contribution >= 4 is 23.3 Å². The van der Waals surface area contributed by atoms with Crippen LogP contribution in [0.5, 0.6) is 0 Å². The zero-order valence-electron chi connectivity index (χ0n) is 11.2. The van der Waals surface area contributed by atoms with E-state index in [1.807, 2.05) is 6.92 Å². The molecule has 6 nitrogen and oxygen atoms in total. The molecule has 0 aliphatic heterocycles. The molecule has 0 heterocycles. The van der Waals surface area contributed by atoms with Gasteiger partial charge in [0.25, 0.3) is 0 Å². The predicted octanol–water partition coefficient (Wildman–Crippen LogP) is 1.30. The van der Waals surface area contributed by atoms with E-state index in [9.17, 15) is 9.59 Å². The highest BCUT2D eigenvalue weighted by Gasteiger charge is 2.14. The Morgan fingerprint density at radius 2 is 2.11 bits per heavy atom. The normalized spacial score (nSPS) is 11.5. The first kappa shape index (κ1) is 14.8. The smallest absolute Gasteiger partial charge is 0.319 e. The Morgan fingerprint density at radius 1 is 1.37 bits per heavy atom. The number of urea groups is 1. The third-order valence-corrected chi connectivity index (χ3v) is 2.43. The van der Waals surface area contributed by atoms with Crippen molar-refractivity contribution in [3.63, 3.8) is 0 Å². The third kappa shape index (κ3) is 5.29. The van der Waals surface area contributed by atoms with Gasteiger partial charge in [-0.3, -0.25) is 4.79 Å². The first-order chi connectivity index (χ1) is 9.02. The van der Waals surface area contributed by atoms with Crippen LogP contribution in [-0.4, -0.2) is 24.5 Å². The van der Waals surface area contributed by atoms with Crippen LogP contribution in [-0.2, 0) is 4.79 Å². The van der Waals surface area contributed by atoms with Crippen molar-refractivity contribution < 1.29 is 9.59 Å². The number of rotatable bonds is 5. The second-order valence-corrected chi connectivity index (χ2v) is 4.24. The van der Waals surface area contributed by atoms with Crippen molar-refractivity contribution in [1.29, 1.82) is 0 Å². The van der Waals surface area contributed by atoms with Crippen LogP contribution < -0.4 is 21.7 Å². The van der Waals surface area contributed by atoms with Crippen molar-refractivity contribution in [2.75, 3.05) is 17.6 Å². The molecule has 0 saturated carbocycles. The molecule has 1 unspecified atom stereocenters. The van der Waals surface area contributed by atoms with E-state index in [-0.39, 0.29) is 5.91 Å². The highest BCUT2D eigenvalue weighted by atomic mass is 16.2. The van der Waals surface area contributed by atoms with Crippen LogP contribution in [0.4, 0.5) is 16.2 Å². The predicted molar refractivity (Wildman–Crippen MR) is 75.8 cm³/mol. The van der Waals surface area contributed by atoms with Crippen LogP contribution in [0.15, 0.2) is 24.3 Å². The largest absolute Gasteiger partial charge is 0.399 e.